The maximum absolute atomic E-state index is 14.3. The van der Waals surface area contributed by atoms with Crippen molar-refractivity contribution in [3.05, 3.63) is 34.4 Å². The molecule has 0 aliphatic heterocycles. The smallest absolute Gasteiger partial charge is 0.218 e. The number of halogens is 10. The van der Waals surface area contributed by atoms with Crippen molar-refractivity contribution in [1.82, 2.24) is 0 Å². The molecule has 0 spiro atoms. The molecule has 16 heteroatoms. The molecular weight excluding hydrogens is 474 g/mol. The minimum atomic E-state index is -7.58. The van der Waals surface area contributed by atoms with Gasteiger partial charge in [0.2, 0.25) is 4.58 Å². The summed E-state index contributed by atoms with van der Waals surface area (Å²) in [5.41, 5.74) is -20.0. The maximum atomic E-state index is 14.3. The van der Waals surface area contributed by atoms with E-state index >= 15 is 0 Å². The molecule has 0 fully saturated rings. The molecule has 0 heterocycles. The molecule has 4 nitrogen and oxygen atoms in total. The average Bonchev–Trinajstić information content (AvgIpc) is 2.45. The number of benzene rings is 1. The van der Waals surface area contributed by atoms with Gasteiger partial charge in [-0.15, -0.1) is 0 Å². The largest absolute Gasteiger partial charge is 0.499 e. The van der Waals surface area contributed by atoms with Gasteiger partial charge < -0.3 is 0 Å². The highest BCUT2D eigenvalue weighted by atomic mass is 32.3. The Morgan fingerprint density at radius 3 is 1.10 bits per heavy atom. The summed E-state index contributed by atoms with van der Waals surface area (Å²) in [5, 5.41) is 0. The van der Waals surface area contributed by atoms with Crippen molar-refractivity contribution in [3.63, 3.8) is 0 Å². The van der Waals surface area contributed by atoms with Crippen molar-refractivity contribution in [2.75, 3.05) is 0 Å². The standard InChI is InChI=1S/C13H10F10O4S2/c1-11(2,3)5-8(16)6(14)4(7(15)9(5)17)10(28(24,25)12(18,19)20)29(26,27)13(21,22)23/h10H,1-3H3. The van der Waals surface area contributed by atoms with Gasteiger partial charge in [0, 0.05) is 5.56 Å². The van der Waals surface area contributed by atoms with Crippen LogP contribution in [0.1, 0.15) is 36.5 Å². The fourth-order valence-corrected chi connectivity index (χ4v) is 5.74. The minimum absolute atomic E-state index is 0.948. The first-order chi connectivity index (χ1) is 12.5. The van der Waals surface area contributed by atoms with Crippen LogP contribution >= 0.6 is 0 Å². The Morgan fingerprint density at radius 1 is 0.621 bits per heavy atom. The third-order valence-corrected chi connectivity index (χ3v) is 7.90. The van der Waals surface area contributed by atoms with E-state index in [0.717, 1.165) is 20.8 Å². The molecule has 0 aliphatic rings. The lowest BCUT2D eigenvalue weighted by Crippen LogP contribution is -2.40. The molecule has 0 bridgehead atoms. The minimum Gasteiger partial charge on any atom is -0.218 e. The van der Waals surface area contributed by atoms with Crippen molar-refractivity contribution in [2.45, 2.75) is 41.8 Å². The van der Waals surface area contributed by atoms with Gasteiger partial charge in [0.25, 0.3) is 19.7 Å². The van der Waals surface area contributed by atoms with Gasteiger partial charge in [-0.1, -0.05) is 20.8 Å². The van der Waals surface area contributed by atoms with E-state index in [-0.39, 0.29) is 0 Å². The van der Waals surface area contributed by atoms with E-state index in [4.69, 9.17) is 0 Å². The quantitative estimate of drug-likeness (QED) is 0.471. The van der Waals surface area contributed by atoms with Crippen molar-refractivity contribution >= 4 is 19.7 Å². The monoisotopic (exact) mass is 484 g/mol. The van der Waals surface area contributed by atoms with Crippen molar-refractivity contribution in [3.8, 4) is 0 Å². The second kappa shape index (κ2) is 6.99. The van der Waals surface area contributed by atoms with Crippen molar-refractivity contribution in [2.24, 2.45) is 0 Å². The number of hydrogen-bond donors (Lipinski definition) is 0. The summed E-state index contributed by atoms with van der Waals surface area (Å²) in [6.07, 6.45) is 0. The second-order valence-electron chi connectivity index (χ2n) is 6.61. The SMILES string of the molecule is CC(C)(C)c1c(F)c(F)c(C(S(=O)(=O)C(F)(F)F)S(=O)(=O)C(F)(F)F)c(F)c1F. The van der Waals surface area contributed by atoms with E-state index in [0.29, 0.717) is 0 Å². The van der Waals surface area contributed by atoms with Gasteiger partial charge in [-0.3, -0.25) is 0 Å². The normalized spacial score (nSPS) is 14.6. The molecule has 0 amide bonds. The van der Waals surface area contributed by atoms with Gasteiger partial charge in [0.1, 0.15) is 0 Å². The fraction of sp³-hybridized carbons (Fsp3) is 0.538. The van der Waals surface area contributed by atoms with Gasteiger partial charge in [-0.2, -0.15) is 26.3 Å². The van der Waals surface area contributed by atoms with E-state index in [9.17, 15) is 60.7 Å². The Kier molecular flexibility index (Phi) is 6.14. The van der Waals surface area contributed by atoms with E-state index < -0.39 is 75.1 Å². The highest BCUT2D eigenvalue weighted by molar-refractivity contribution is 8.09. The van der Waals surface area contributed by atoms with Gasteiger partial charge in [0.05, 0.1) is 5.56 Å². The lowest BCUT2D eigenvalue weighted by molar-refractivity contribution is -0.0473. The predicted octanol–water partition coefficient (Wildman–Crippen LogP) is 4.41. The van der Waals surface area contributed by atoms with E-state index in [1.54, 1.807) is 0 Å². The molecule has 1 aromatic carbocycles. The Hall–Kier alpha value is -1.58. The van der Waals surface area contributed by atoms with Crippen LogP contribution < -0.4 is 0 Å². The number of rotatable bonds is 3. The van der Waals surface area contributed by atoms with Crippen LogP contribution in [-0.4, -0.2) is 27.9 Å². The molecule has 1 rings (SSSR count). The predicted molar refractivity (Wildman–Crippen MR) is 77.7 cm³/mol. The van der Waals surface area contributed by atoms with Gasteiger partial charge in [-0.05, 0) is 5.41 Å². The van der Waals surface area contributed by atoms with Crippen LogP contribution in [0.4, 0.5) is 43.9 Å². The summed E-state index contributed by atoms with van der Waals surface area (Å²) in [4.78, 5) is 0. The molecule has 0 aliphatic carbocycles. The van der Waals surface area contributed by atoms with Crippen LogP contribution in [0.2, 0.25) is 0 Å². The molecule has 0 unspecified atom stereocenters. The topological polar surface area (TPSA) is 68.3 Å². The van der Waals surface area contributed by atoms with Gasteiger partial charge in [-0.25, -0.2) is 34.4 Å². The zero-order valence-electron chi connectivity index (χ0n) is 14.3. The van der Waals surface area contributed by atoms with Crippen molar-refractivity contribution < 1.29 is 60.7 Å². The van der Waals surface area contributed by atoms with Gasteiger partial charge in [0.15, 0.2) is 23.3 Å². The first kappa shape index (κ1) is 25.5. The molecule has 0 saturated carbocycles. The van der Waals surface area contributed by atoms with Crippen LogP contribution in [0.25, 0.3) is 0 Å². The Balaban J connectivity index is 4.28. The highest BCUT2D eigenvalue weighted by Crippen LogP contribution is 2.47. The molecule has 168 valence electrons. The molecule has 1 aromatic rings. The van der Waals surface area contributed by atoms with Crippen molar-refractivity contribution in [1.29, 1.82) is 0 Å². The molecule has 0 radical (unpaired) electrons. The number of sulfone groups is 2. The first-order valence-corrected chi connectivity index (χ1v) is 10.1. The molecule has 0 atom stereocenters. The second-order valence-corrected chi connectivity index (χ2v) is 11.0. The molecule has 0 saturated heterocycles. The van der Waals surface area contributed by atoms with Crippen LogP contribution in [0.5, 0.6) is 0 Å². The molecule has 29 heavy (non-hydrogen) atoms. The number of hydrogen-bond acceptors (Lipinski definition) is 4. The zero-order chi connectivity index (χ0) is 23.5. The van der Waals surface area contributed by atoms with Crippen LogP contribution in [-0.2, 0) is 25.1 Å². The van der Waals surface area contributed by atoms with Crippen LogP contribution in [0, 0.1) is 23.3 Å². The van der Waals surface area contributed by atoms with Crippen LogP contribution in [0.3, 0.4) is 0 Å². The molecule has 0 aromatic heterocycles. The van der Waals surface area contributed by atoms with Crippen LogP contribution in [0.15, 0.2) is 0 Å². The third-order valence-electron chi connectivity index (χ3n) is 3.49. The van der Waals surface area contributed by atoms with E-state index in [2.05, 4.69) is 0 Å². The molecule has 0 N–H and O–H groups in total. The maximum Gasteiger partial charge on any atom is 0.499 e. The molecular formula is C13H10F10O4S2. The fourth-order valence-electron chi connectivity index (χ4n) is 2.23. The number of alkyl halides is 6. The lowest BCUT2D eigenvalue weighted by atomic mass is 9.85. The summed E-state index contributed by atoms with van der Waals surface area (Å²) in [6, 6.07) is 0. The summed E-state index contributed by atoms with van der Waals surface area (Å²) in [7, 11) is -15.2. The Labute approximate surface area is 157 Å². The summed E-state index contributed by atoms with van der Waals surface area (Å²) >= 11 is 0. The summed E-state index contributed by atoms with van der Waals surface area (Å²) in [5.74, 6) is -11.2. The summed E-state index contributed by atoms with van der Waals surface area (Å²) < 4.78 is 174. The zero-order valence-corrected chi connectivity index (χ0v) is 15.9. The summed E-state index contributed by atoms with van der Waals surface area (Å²) in [6.45, 7) is 2.84. The lowest BCUT2D eigenvalue weighted by Gasteiger charge is -2.26. The van der Waals surface area contributed by atoms with Gasteiger partial charge >= 0.3 is 11.0 Å². The third kappa shape index (κ3) is 4.04. The van der Waals surface area contributed by atoms with E-state index in [1.807, 2.05) is 0 Å². The Bertz CT molecular complexity index is 958. The van der Waals surface area contributed by atoms with E-state index in [1.165, 1.54) is 0 Å². The Morgan fingerprint density at radius 2 is 0.897 bits per heavy atom. The first-order valence-electron chi connectivity index (χ1n) is 6.97. The average molecular weight is 484 g/mol. The highest BCUT2D eigenvalue weighted by Gasteiger charge is 2.65.